The van der Waals surface area contributed by atoms with E-state index in [0.717, 1.165) is 18.4 Å². The lowest BCUT2D eigenvalue weighted by molar-refractivity contribution is 0.168. The Hall–Kier alpha value is -0.830. The molecule has 132 valence electrons. The molecule has 3 nitrogen and oxygen atoms in total. The molecular formula is C20H37N3. The molecule has 0 spiro atoms. The Kier molecular flexibility index (Phi) is 7.61. The highest BCUT2D eigenvalue weighted by Gasteiger charge is 2.19. The van der Waals surface area contributed by atoms with Gasteiger partial charge in [-0.05, 0) is 62.2 Å². The second-order valence-corrected chi connectivity index (χ2v) is 8.18. The van der Waals surface area contributed by atoms with Crippen LogP contribution in [0.25, 0.3) is 0 Å². The Morgan fingerprint density at radius 3 is 2.43 bits per heavy atom. The molecule has 0 amide bonds. The Balaban J connectivity index is 1.60. The van der Waals surface area contributed by atoms with Gasteiger partial charge in [0.2, 0.25) is 0 Å². The fraction of sp³-hybridized carbons (Fsp3) is 0.850. The summed E-state index contributed by atoms with van der Waals surface area (Å²) < 4.78 is 2.17. The number of hydrogen-bond acceptors (Lipinski definition) is 2. The first-order valence-electron chi connectivity index (χ1n) is 9.79. The molecule has 0 N–H and O–H groups in total. The van der Waals surface area contributed by atoms with Gasteiger partial charge < -0.3 is 4.90 Å². The molecule has 0 aromatic carbocycles. The first-order valence-corrected chi connectivity index (χ1v) is 9.79. The van der Waals surface area contributed by atoms with Crippen LogP contribution < -0.4 is 0 Å². The molecule has 23 heavy (non-hydrogen) atoms. The zero-order chi connectivity index (χ0) is 16.7. The molecule has 2 rings (SSSR count). The Bertz CT molecular complexity index is 428. The third-order valence-corrected chi connectivity index (χ3v) is 5.23. The van der Waals surface area contributed by atoms with Crippen molar-refractivity contribution in [3.63, 3.8) is 0 Å². The first-order chi connectivity index (χ1) is 11.0. The molecule has 1 saturated heterocycles. The SMILES string of the molecule is CC(C)CCCCCN1CCC(Cn2cc(C(C)C)cn2)CC1. The quantitative estimate of drug-likeness (QED) is 0.601. The summed E-state index contributed by atoms with van der Waals surface area (Å²) in [5, 5.41) is 4.54. The second kappa shape index (κ2) is 9.46. The molecule has 1 fully saturated rings. The van der Waals surface area contributed by atoms with E-state index in [1.165, 1.54) is 63.7 Å². The molecule has 1 aliphatic heterocycles. The van der Waals surface area contributed by atoms with Crippen LogP contribution in [0, 0.1) is 11.8 Å². The lowest BCUT2D eigenvalue weighted by Gasteiger charge is -2.31. The summed E-state index contributed by atoms with van der Waals surface area (Å²) in [5.41, 5.74) is 1.36. The highest BCUT2D eigenvalue weighted by atomic mass is 15.3. The predicted octanol–water partition coefficient (Wildman–Crippen LogP) is 4.93. The summed E-state index contributed by atoms with van der Waals surface area (Å²) in [4.78, 5) is 2.68. The van der Waals surface area contributed by atoms with E-state index < -0.39 is 0 Å². The average molecular weight is 320 g/mol. The number of likely N-dealkylation sites (tertiary alicyclic amines) is 1. The predicted molar refractivity (Wildman–Crippen MR) is 98.8 cm³/mol. The van der Waals surface area contributed by atoms with Crippen molar-refractivity contribution in [1.29, 1.82) is 0 Å². The maximum absolute atomic E-state index is 4.54. The number of nitrogens with zero attached hydrogens (tertiary/aromatic N) is 3. The standard InChI is InChI=1S/C20H37N3/c1-17(2)8-6-5-7-11-22-12-9-19(10-13-22)15-23-16-20(14-21-23)18(3)4/h14,16-19H,5-13,15H2,1-4H3. The van der Waals surface area contributed by atoms with E-state index in [1.54, 1.807) is 0 Å². The number of piperidine rings is 1. The van der Waals surface area contributed by atoms with Gasteiger partial charge in [0.15, 0.2) is 0 Å². The monoisotopic (exact) mass is 319 g/mol. The summed E-state index contributed by atoms with van der Waals surface area (Å²) in [6, 6.07) is 0. The minimum absolute atomic E-state index is 0.585. The van der Waals surface area contributed by atoms with Gasteiger partial charge in [-0.15, -0.1) is 0 Å². The third kappa shape index (κ3) is 6.66. The maximum Gasteiger partial charge on any atom is 0.0524 e. The van der Waals surface area contributed by atoms with Crippen molar-refractivity contribution in [2.45, 2.75) is 78.7 Å². The van der Waals surface area contributed by atoms with Crippen molar-refractivity contribution in [3.05, 3.63) is 18.0 Å². The Morgan fingerprint density at radius 1 is 1.09 bits per heavy atom. The molecule has 0 aliphatic carbocycles. The highest BCUT2D eigenvalue weighted by molar-refractivity contribution is 5.08. The summed E-state index contributed by atoms with van der Waals surface area (Å²) in [5.74, 6) is 2.26. The first kappa shape index (κ1) is 18.5. The molecule has 1 aromatic heterocycles. The van der Waals surface area contributed by atoms with E-state index in [1.807, 2.05) is 6.20 Å². The molecule has 0 atom stereocenters. The van der Waals surface area contributed by atoms with Crippen LogP contribution in [0.5, 0.6) is 0 Å². The topological polar surface area (TPSA) is 21.1 Å². The Labute approximate surface area is 143 Å². The minimum Gasteiger partial charge on any atom is -0.303 e. The average Bonchev–Trinajstić information content (AvgIpc) is 2.97. The van der Waals surface area contributed by atoms with E-state index in [9.17, 15) is 0 Å². The molecule has 0 radical (unpaired) electrons. The largest absolute Gasteiger partial charge is 0.303 e. The molecule has 0 bridgehead atoms. The van der Waals surface area contributed by atoms with Gasteiger partial charge in [0.1, 0.15) is 0 Å². The van der Waals surface area contributed by atoms with Crippen molar-refractivity contribution in [3.8, 4) is 0 Å². The zero-order valence-electron chi connectivity index (χ0n) is 15.8. The summed E-state index contributed by atoms with van der Waals surface area (Å²) >= 11 is 0. The van der Waals surface area contributed by atoms with Gasteiger partial charge >= 0.3 is 0 Å². The van der Waals surface area contributed by atoms with Gasteiger partial charge in [-0.3, -0.25) is 4.68 Å². The minimum atomic E-state index is 0.585. The number of aromatic nitrogens is 2. The maximum atomic E-state index is 4.54. The van der Waals surface area contributed by atoms with Crippen LogP contribution in [0.3, 0.4) is 0 Å². The van der Waals surface area contributed by atoms with E-state index >= 15 is 0 Å². The van der Waals surface area contributed by atoms with E-state index in [0.29, 0.717) is 5.92 Å². The van der Waals surface area contributed by atoms with Crippen LogP contribution in [-0.4, -0.2) is 34.3 Å². The highest BCUT2D eigenvalue weighted by Crippen LogP contribution is 2.21. The van der Waals surface area contributed by atoms with Crippen LogP contribution in [-0.2, 0) is 6.54 Å². The third-order valence-electron chi connectivity index (χ3n) is 5.23. The summed E-state index contributed by atoms with van der Waals surface area (Å²) in [6.07, 6.45) is 12.5. The van der Waals surface area contributed by atoms with Gasteiger partial charge in [0.25, 0.3) is 0 Å². The van der Waals surface area contributed by atoms with Gasteiger partial charge in [-0.1, -0.05) is 47.0 Å². The number of unbranched alkanes of at least 4 members (excludes halogenated alkanes) is 2. The van der Waals surface area contributed by atoms with Crippen LogP contribution in [0.15, 0.2) is 12.4 Å². The Morgan fingerprint density at radius 2 is 1.83 bits per heavy atom. The summed E-state index contributed by atoms with van der Waals surface area (Å²) in [7, 11) is 0. The molecule has 2 heterocycles. The fourth-order valence-corrected chi connectivity index (χ4v) is 3.50. The molecule has 3 heteroatoms. The second-order valence-electron chi connectivity index (χ2n) is 8.18. The lowest BCUT2D eigenvalue weighted by Crippen LogP contribution is -2.35. The zero-order valence-corrected chi connectivity index (χ0v) is 15.8. The van der Waals surface area contributed by atoms with Crippen LogP contribution in [0.2, 0.25) is 0 Å². The molecule has 0 unspecified atom stereocenters. The lowest BCUT2D eigenvalue weighted by atomic mass is 9.96. The molecular weight excluding hydrogens is 282 g/mol. The van der Waals surface area contributed by atoms with Crippen LogP contribution in [0.4, 0.5) is 0 Å². The van der Waals surface area contributed by atoms with Gasteiger partial charge in [-0.2, -0.15) is 5.10 Å². The molecule has 0 saturated carbocycles. The van der Waals surface area contributed by atoms with E-state index in [4.69, 9.17) is 0 Å². The number of hydrogen-bond donors (Lipinski definition) is 0. The van der Waals surface area contributed by atoms with Crippen molar-refractivity contribution in [2.24, 2.45) is 11.8 Å². The van der Waals surface area contributed by atoms with E-state index in [2.05, 4.69) is 48.6 Å². The van der Waals surface area contributed by atoms with Crippen molar-refractivity contribution < 1.29 is 0 Å². The van der Waals surface area contributed by atoms with Gasteiger partial charge in [0, 0.05) is 12.7 Å². The molecule has 1 aliphatic rings. The normalized spacial score (nSPS) is 17.5. The smallest absolute Gasteiger partial charge is 0.0524 e. The van der Waals surface area contributed by atoms with Crippen LogP contribution >= 0.6 is 0 Å². The van der Waals surface area contributed by atoms with Crippen molar-refractivity contribution in [2.75, 3.05) is 19.6 Å². The molecule has 1 aromatic rings. The van der Waals surface area contributed by atoms with Crippen molar-refractivity contribution in [1.82, 2.24) is 14.7 Å². The number of rotatable bonds is 9. The fourth-order valence-electron chi connectivity index (χ4n) is 3.50. The van der Waals surface area contributed by atoms with Crippen molar-refractivity contribution >= 4 is 0 Å². The van der Waals surface area contributed by atoms with Gasteiger partial charge in [-0.25, -0.2) is 0 Å². The van der Waals surface area contributed by atoms with Gasteiger partial charge in [0.05, 0.1) is 6.20 Å². The van der Waals surface area contributed by atoms with Crippen LogP contribution in [0.1, 0.15) is 77.7 Å². The van der Waals surface area contributed by atoms with E-state index in [-0.39, 0.29) is 0 Å². The summed E-state index contributed by atoms with van der Waals surface area (Å²) in [6.45, 7) is 14.1.